The van der Waals surface area contributed by atoms with Gasteiger partial charge in [-0.15, -0.1) is 0 Å². The van der Waals surface area contributed by atoms with Gasteiger partial charge < -0.3 is 20.1 Å². The Hall–Kier alpha value is -2.90. The number of aliphatic hydroxyl groups is 1. The Kier molecular flexibility index (Phi) is 5.74. The summed E-state index contributed by atoms with van der Waals surface area (Å²) in [7, 11) is 1.41. The predicted molar refractivity (Wildman–Crippen MR) is 116 cm³/mol. The van der Waals surface area contributed by atoms with Gasteiger partial charge in [-0.1, -0.05) is 30.3 Å². The molecule has 0 aliphatic carbocycles. The molecule has 0 radical (unpaired) electrons. The number of methoxy groups -OCH3 is 1. The van der Waals surface area contributed by atoms with Gasteiger partial charge >= 0.3 is 6.09 Å². The third kappa shape index (κ3) is 3.78. The van der Waals surface area contributed by atoms with Crippen molar-refractivity contribution in [3.8, 4) is 0 Å². The maximum absolute atomic E-state index is 12.4. The molecular weight excluding hydrogens is 380 g/mol. The zero-order chi connectivity index (χ0) is 21.3. The van der Waals surface area contributed by atoms with Gasteiger partial charge in [0.1, 0.15) is 12.1 Å². The van der Waals surface area contributed by atoms with E-state index in [0.717, 1.165) is 41.0 Å². The third-order valence-corrected chi connectivity index (χ3v) is 5.82. The van der Waals surface area contributed by atoms with Gasteiger partial charge in [-0.2, -0.15) is 0 Å². The Morgan fingerprint density at radius 3 is 2.77 bits per heavy atom. The van der Waals surface area contributed by atoms with Gasteiger partial charge in [-0.25, -0.2) is 9.78 Å². The van der Waals surface area contributed by atoms with Crippen LogP contribution < -0.4 is 10.6 Å². The highest BCUT2D eigenvalue weighted by molar-refractivity contribution is 5.95. The van der Waals surface area contributed by atoms with E-state index < -0.39 is 6.23 Å². The fourth-order valence-corrected chi connectivity index (χ4v) is 4.28. The number of nitrogens with two attached hydrogens (primary N) is 1. The van der Waals surface area contributed by atoms with E-state index in [0.29, 0.717) is 19.4 Å². The fraction of sp³-hybridized carbons (Fsp3) is 0.391. The quantitative estimate of drug-likeness (QED) is 0.633. The summed E-state index contributed by atoms with van der Waals surface area (Å²) < 4.78 is 7.16. The van der Waals surface area contributed by atoms with Crippen LogP contribution in [-0.4, -0.2) is 40.1 Å². The summed E-state index contributed by atoms with van der Waals surface area (Å²) >= 11 is 0. The second-order valence-electron chi connectivity index (χ2n) is 7.86. The Morgan fingerprint density at radius 2 is 2.07 bits per heavy atom. The Morgan fingerprint density at radius 1 is 1.30 bits per heavy atom. The van der Waals surface area contributed by atoms with Gasteiger partial charge in [0, 0.05) is 31.0 Å². The lowest BCUT2D eigenvalue weighted by Gasteiger charge is -2.34. The Bertz CT molecular complexity index is 1050. The SMILES string of the molecule is COC(=O)N1c2ccc3c(nc(Cc4ccccc4)n3CCC(N)O)c2CC[C@@H]1C. The third-order valence-electron chi connectivity index (χ3n) is 5.82. The van der Waals surface area contributed by atoms with Crippen molar-refractivity contribution in [2.75, 3.05) is 12.0 Å². The summed E-state index contributed by atoms with van der Waals surface area (Å²) in [6.07, 6.45) is 1.60. The highest BCUT2D eigenvalue weighted by Gasteiger charge is 2.31. The normalized spacial score (nSPS) is 17.1. The standard InChI is InChI=1S/C23H28N4O3/c1-15-8-9-17-18(27(15)23(29)30-2)10-11-19-22(17)25-21(26(19)13-12-20(24)28)14-16-6-4-3-5-7-16/h3-7,10-11,15,20,28H,8-9,12-14,24H2,1-2H3/t15-,20?/m0/s1. The maximum atomic E-state index is 12.4. The number of ether oxygens (including phenoxy) is 1. The van der Waals surface area contributed by atoms with Gasteiger partial charge in [0.2, 0.25) is 0 Å². The number of carbonyl (C=O) groups excluding carboxylic acids is 1. The molecule has 2 heterocycles. The van der Waals surface area contributed by atoms with Crippen molar-refractivity contribution in [3.05, 3.63) is 59.4 Å². The number of carbonyl (C=O) groups is 1. The summed E-state index contributed by atoms with van der Waals surface area (Å²) in [6.45, 7) is 2.61. The van der Waals surface area contributed by atoms with Crippen LogP contribution >= 0.6 is 0 Å². The molecule has 1 aliphatic rings. The zero-order valence-corrected chi connectivity index (χ0v) is 17.4. The van der Waals surface area contributed by atoms with Gasteiger partial charge in [0.25, 0.3) is 0 Å². The number of nitrogens with zero attached hydrogens (tertiary/aromatic N) is 3. The number of rotatable bonds is 5. The molecule has 7 heteroatoms. The number of benzene rings is 2. The molecule has 2 aromatic carbocycles. The van der Waals surface area contributed by atoms with E-state index in [2.05, 4.69) is 16.7 Å². The first-order valence-electron chi connectivity index (χ1n) is 10.3. The number of hydrogen-bond donors (Lipinski definition) is 2. The molecule has 3 aromatic rings. The van der Waals surface area contributed by atoms with Crippen LogP contribution in [-0.2, 0) is 24.1 Å². The number of fused-ring (bicyclic) bond motifs is 3. The van der Waals surface area contributed by atoms with Crippen molar-refractivity contribution >= 4 is 22.8 Å². The number of aromatic nitrogens is 2. The smallest absolute Gasteiger partial charge is 0.414 e. The largest absolute Gasteiger partial charge is 0.452 e. The molecule has 0 fully saturated rings. The number of amides is 1. The molecule has 1 unspecified atom stereocenters. The van der Waals surface area contributed by atoms with Crippen LogP contribution in [0.2, 0.25) is 0 Å². The van der Waals surface area contributed by atoms with E-state index in [1.54, 1.807) is 4.90 Å². The first-order chi connectivity index (χ1) is 14.5. The number of aryl methyl sites for hydroxylation is 2. The molecule has 7 nitrogen and oxygen atoms in total. The van der Waals surface area contributed by atoms with Gasteiger partial charge in [0.05, 0.1) is 23.8 Å². The lowest BCUT2D eigenvalue weighted by atomic mass is 9.96. The Labute approximate surface area is 176 Å². The number of anilines is 1. The molecule has 0 spiro atoms. The van der Waals surface area contributed by atoms with Crippen LogP contribution in [0.3, 0.4) is 0 Å². The Balaban J connectivity index is 1.83. The van der Waals surface area contributed by atoms with Crippen LogP contribution in [0, 0.1) is 0 Å². The number of hydrogen-bond acceptors (Lipinski definition) is 5. The second-order valence-corrected chi connectivity index (χ2v) is 7.86. The average Bonchev–Trinajstić information content (AvgIpc) is 3.09. The average molecular weight is 409 g/mol. The molecule has 4 rings (SSSR count). The molecule has 158 valence electrons. The van der Waals surface area contributed by atoms with Gasteiger partial charge in [-0.3, -0.25) is 4.90 Å². The molecule has 1 aromatic heterocycles. The van der Waals surface area contributed by atoms with Crippen molar-refractivity contribution in [1.82, 2.24) is 9.55 Å². The summed E-state index contributed by atoms with van der Waals surface area (Å²) in [6, 6.07) is 14.2. The predicted octanol–water partition coefficient (Wildman–Crippen LogP) is 3.20. The fourth-order valence-electron chi connectivity index (χ4n) is 4.28. The minimum absolute atomic E-state index is 0.0701. The van der Waals surface area contributed by atoms with Gasteiger partial charge in [-0.05, 0) is 37.5 Å². The lowest BCUT2D eigenvalue weighted by Crippen LogP contribution is -2.42. The van der Waals surface area contributed by atoms with Crippen LogP contribution in [0.25, 0.3) is 11.0 Å². The van der Waals surface area contributed by atoms with E-state index in [-0.39, 0.29) is 12.1 Å². The summed E-state index contributed by atoms with van der Waals surface area (Å²) in [4.78, 5) is 19.1. The highest BCUT2D eigenvalue weighted by atomic mass is 16.5. The molecule has 3 N–H and O–H groups in total. The summed E-state index contributed by atoms with van der Waals surface area (Å²) in [5.74, 6) is 0.925. The molecule has 1 amide bonds. The first-order valence-corrected chi connectivity index (χ1v) is 10.3. The van der Waals surface area contributed by atoms with Crippen molar-refractivity contribution in [2.24, 2.45) is 5.73 Å². The second kappa shape index (κ2) is 8.45. The van der Waals surface area contributed by atoms with Crippen LogP contribution in [0.15, 0.2) is 42.5 Å². The van der Waals surface area contributed by atoms with Crippen molar-refractivity contribution in [2.45, 2.75) is 51.4 Å². The molecule has 0 saturated carbocycles. The summed E-state index contributed by atoms with van der Waals surface area (Å²) in [5, 5.41) is 9.63. The molecule has 2 atom stereocenters. The van der Waals surface area contributed by atoms with Crippen LogP contribution in [0.5, 0.6) is 0 Å². The van der Waals surface area contributed by atoms with Crippen molar-refractivity contribution < 1.29 is 14.6 Å². The first kappa shape index (κ1) is 20.4. The topological polar surface area (TPSA) is 93.6 Å². The monoisotopic (exact) mass is 408 g/mol. The van der Waals surface area contributed by atoms with E-state index >= 15 is 0 Å². The lowest BCUT2D eigenvalue weighted by molar-refractivity contribution is 0.166. The van der Waals surface area contributed by atoms with E-state index in [9.17, 15) is 9.90 Å². The minimum atomic E-state index is -0.875. The molecule has 30 heavy (non-hydrogen) atoms. The molecule has 0 bridgehead atoms. The highest BCUT2D eigenvalue weighted by Crippen LogP contribution is 2.36. The van der Waals surface area contributed by atoms with Crippen molar-refractivity contribution in [3.63, 3.8) is 0 Å². The van der Waals surface area contributed by atoms with E-state index in [4.69, 9.17) is 15.5 Å². The van der Waals surface area contributed by atoms with Gasteiger partial charge in [0.15, 0.2) is 0 Å². The number of imidazole rings is 1. The van der Waals surface area contributed by atoms with Crippen molar-refractivity contribution in [1.29, 1.82) is 0 Å². The molecule has 0 saturated heterocycles. The minimum Gasteiger partial charge on any atom is -0.452 e. The molecular formula is C23H28N4O3. The van der Waals surface area contributed by atoms with Crippen LogP contribution in [0.1, 0.15) is 36.7 Å². The van der Waals surface area contributed by atoms with E-state index in [1.807, 2.05) is 37.3 Å². The molecule has 1 aliphatic heterocycles. The number of aliphatic hydroxyl groups excluding tert-OH is 1. The summed E-state index contributed by atoms with van der Waals surface area (Å²) in [5.41, 5.74) is 10.6. The van der Waals surface area contributed by atoms with Crippen LogP contribution in [0.4, 0.5) is 10.5 Å². The zero-order valence-electron chi connectivity index (χ0n) is 17.4. The maximum Gasteiger partial charge on any atom is 0.414 e. The van der Waals surface area contributed by atoms with E-state index in [1.165, 1.54) is 12.7 Å².